The highest BCUT2D eigenvalue weighted by molar-refractivity contribution is 5.97. The molecular weight excluding hydrogens is 432 g/mol. The number of alkyl halides is 4. The van der Waals surface area contributed by atoms with Crippen molar-refractivity contribution in [2.45, 2.75) is 45.6 Å². The van der Waals surface area contributed by atoms with Crippen LogP contribution in [-0.2, 0) is 11.3 Å². The smallest absolute Gasteiger partial charge is 0.340 e. The molecule has 1 fully saturated rings. The molecule has 0 aromatic carbocycles. The predicted molar refractivity (Wildman–Crippen MR) is 107 cm³/mol. The molecule has 0 radical (unpaired) electrons. The van der Waals surface area contributed by atoms with Gasteiger partial charge in [-0.15, -0.1) is 0 Å². The van der Waals surface area contributed by atoms with Crippen molar-refractivity contribution in [1.29, 1.82) is 0 Å². The molecule has 0 atom stereocenters. The lowest BCUT2D eigenvalue weighted by Gasteiger charge is -2.16. The monoisotopic (exact) mass is 454 g/mol. The van der Waals surface area contributed by atoms with Crippen molar-refractivity contribution in [2.75, 3.05) is 11.9 Å². The van der Waals surface area contributed by atoms with Gasteiger partial charge in [0.25, 0.3) is 5.91 Å². The first-order chi connectivity index (χ1) is 15.0. The Morgan fingerprint density at radius 2 is 1.94 bits per heavy atom. The minimum absolute atomic E-state index is 0.00104. The van der Waals surface area contributed by atoms with Gasteiger partial charge in [0.15, 0.2) is 6.61 Å². The van der Waals surface area contributed by atoms with Crippen molar-refractivity contribution in [3.63, 3.8) is 0 Å². The zero-order valence-corrected chi connectivity index (χ0v) is 17.4. The molecule has 0 aliphatic heterocycles. The van der Waals surface area contributed by atoms with E-state index in [-0.39, 0.29) is 24.2 Å². The fraction of sp³-hybridized carbons (Fsp3) is 0.429. The molecular formula is C21H22F4N4O3. The highest BCUT2D eigenvalue weighted by atomic mass is 19.3. The molecule has 2 amide bonds. The van der Waals surface area contributed by atoms with E-state index >= 15 is 0 Å². The summed E-state index contributed by atoms with van der Waals surface area (Å²) < 4.78 is 55.2. The normalized spacial score (nSPS) is 13.7. The van der Waals surface area contributed by atoms with Gasteiger partial charge in [-0.1, -0.05) is 0 Å². The molecule has 1 aliphatic rings. The zero-order chi connectivity index (χ0) is 23.5. The van der Waals surface area contributed by atoms with Crippen molar-refractivity contribution in [3.8, 4) is 5.88 Å². The first kappa shape index (κ1) is 23.4. The van der Waals surface area contributed by atoms with Gasteiger partial charge in [-0.2, -0.15) is 8.78 Å². The van der Waals surface area contributed by atoms with Crippen molar-refractivity contribution in [2.24, 2.45) is 5.92 Å². The molecule has 2 N–H and O–H groups in total. The maximum Gasteiger partial charge on any atom is 0.340 e. The van der Waals surface area contributed by atoms with E-state index in [1.807, 2.05) is 0 Å². The van der Waals surface area contributed by atoms with Crippen molar-refractivity contribution < 1.29 is 31.9 Å². The summed E-state index contributed by atoms with van der Waals surface area (Å²) in [5.74, 6) is -4.70. The average Bonchev–Trinajstić information content (AvgIpc) is 3.56. The Labute approximate surface area is 181 Å². The van der Waals surface area contributed by atoms with Crippen LogP contribution >= 0.6 is 0 Å². The molecule has 0 bridgehead atoms. The maximum atomic E-state index is 13.0. The summed E-state index contributed by atoms with van der Waals surface area (Å²) in [5.41, 5.74) is 1.77. The third kappa shape index (κ3) is 6.14. The summed E-state index contributed by atoms with van der Waals surface area (Å²) in [5, 5.41) is 5.40. The number of carbonyl (C=O) groups excluding carboxylic acids is 2. The van der Waals surface area contributed by atoms with Crippen LogP contribution in [0.5, 0.6) is 5.88 Å². The van der Waals surface area contributed by atoms with Crippen LogP contribution in [0.15, 0.2) is 24.4 Å². The summed E-state index contributed by atoms with van der Waals surface area (Å²) in [6.45, 7) is 1.81. The number of aromatic nitrogens is 2. The maximum absolute atomic E-state index is 13.0. The van der Waals surface area contributed by atoms with Crippen LogP contribution in [0.4, 0.5) is 23.4 Å². The molecule has 0 unspecified atom stereocenters. The Kier molecular flexibility index (Phi) is 6.95. The first-order valence-electron chi connectivity index (χ1n) is 9.87. The standard InChI is InChI=1S/C21H22F4N4O3/c1-11-5-13(9-27-19(11)32-10-21(24,25)20(22)23)8-26-17(30)15-6-12(2)28-16(7-15)29-18(31)14-3-4-14/h5-7,9,14,20H,3-4,8,10H2,1-2H3,(H,26,30)(H,28,29,31). The lowest BCUT2D eigenvalue weighted by atomic mass is 10.2. The number of rotatable bonds is 9. The summed E-state index contributed by atoms with van der Waals surface area (Å²) in [7, 11) is 0. The predicted octanol–water partition coefficient (Wildman–Crippen LogP) is 3.65. The van der Waals surface area contributed by atoms with Crippen LogP contribution in [0.1, 0.15) is 40.0 Å². The largest absolute Gasteiger partial charge is 0.471 e. The van der Waals surface area contributed by atoms with Crippen molar-refractivity contribution in [3.05, 3.63) is 46.8 Å². The Balaban J connectivity index is 1.59. The van der Waals surface area contributed by atoms with Gasteiger partial charge in [0.2, 0.25) is 11.8 Å². The van der Waals surface area contributed by atoms with Gasteiger partial charge in [0.05, 0.1) is 0 Å². The number of amides is 2. The number of nitrogens with one attached hydrogen (secondary N) is 2. The summed E-state index contributed by atoms with van der Waals surface area (Å²) in [6.07, 6.45) is -0.854. The van der Waals surface area contributed by atoms with Crippen LogP contribution in [0.25, 0.3) is 0 Å². The van der Waals surface area contributed by atoms with Gasteiger partial charge in [-0.05, 0) is 50.5 Å². The Morgan fingerprint density at radius 3 is 2.56 bits per heavy atom. The van der Waals surface area contributed by atoms with Crippen molar-refractivity contribution >= 4 is 17.6 Å². The molecule has 2 aromatic rings. The summed E-state index contributed by atoms with van der Waals surface area (Å²) >= 11 is 0. The molecule has 0 spiro atoms. The van der Waals surface area contributed by atoms with E-state index in [9.17, 15) is 27.2 Å². The van der Waals surface area contributed by atoms with E-state index in [1.165, 1.54) is 19.2 Å². The molecule has 11 heteroatoms. The lowest BCUT2D eigenvalue weighted by molar-refractivity contribution is -0.148. The minimum atomic E-state index is -4.28. The van der Waals surface area contributed by atoms with Gasteiger partial charge in [0.1, 0.15) is 5.82 Å². The number of nitrogens with zero attached hydrogens (tertiary/aromatic N) is 2. The van der Waals surface area contributed by atoms with Gasteiger partial charge >= 0.3 is 12.3 Å². The average molecular weight is 454 g/mol. The number of aryl methyl sites for hydroxylation is 2. The van der Waals surface area contributed by atoms with Crippen LogP contribution in [0.3, 0.4) is 0 Å². The number of anilines is 1. The highest BCUT2D eigenvalue weighted by Crippen LogP contribution is 2.30. The molecule has 2 heterocycles. The second-order valence-corrected chi connectivity index (χ2v) is 7.64. The van der Waals surface area contributed by atoms with Gasteiger partial charge < -0.3 is 15.4 Å². The lowest BCUT2D eigenvalue weighted by Crippen LogP contribution is -2.34. The first-order valence-corrected chi connectivity index (χ1v) is 9.87. The van der Waals surface area contributed by atoms with Gasteiger partial charge in [-0.25, -0.2) is 18.7 Å². The molecule has 1 aliphatic carbocycles. The minimum Gasteiger partial charge on any atom is -0.471 e. The highest BCUT2D eigenvalue weighted by Gasteiger charge is 2.42. The van der Waals surface area contributed by atoms with E-state index < -0.39 is 24.9 Å². The van der Waals surface area contributed by atoms with Crippen molar-refractivity contribution in [1.82, 2.24) is 15.3 Å². The van der Waals surface area contributed by atoms with E-state index in [4.69, 9.17) is 4.74 Å². The third-order valence-electron chi connectivity index (χ3n) is 4.68. The quantitative estimate of drug-likeness (QED) is 0.565. The summed E-state index contributed by atoms with van der Waals surface area (Å²) in [4.78, 5) is 32.5. The van der Waals surface area contributed by atoms with Crippen LogP contribution in [-0.4, -0.2) is 40.7 Å². The molecule has 7 nitrogen and oxygen atoms in total. The second-order valence-electron chi connectivity index (χ2n) is 7.64. The number of hydrogen-bond donors (Lipinski definition) is 2. The topological polar surface area (TPSA) is 93.2 Å². The van der Waals surface area contributed by atoms with Crippen LogP contribution in [0.2, 0.25) is 0 Å². The fourth-order valence-corrected chi connectivity index (χ4v) is 2.82. The SMILES string of the molecule is Cc1cc(C(=O)NCc2cnc(OCC(F)(F)C(F)F)c(C)c2)cc(NC(=O)C2CC2)n1. The van der Waals surface area contributed by atoms with Gasteiger partial charge in [0, 0.05) is 35.5 Å². The molecule has 32 heavy (non-hydrogen) atoms. The second kappa shape index (κ2) is 9.49. The third-order valence-corrected chi connectivity index (χ3v) is 4.68. The molecule has 0 saturated heterocycles. The molecule has 2 aromatic heterocycles. The summed E-state index contributed by atoms with van der Waals surface area (Å²) in [6, 6.07) is 4.60. The molecule has 3 rings (SSSR count). The number of ether oxygens (including phenoxy) is 1. The number of pyridine rings is 2. The Bertz CT molecular complexity index is 1010. The van der Waals surface area contributed by atoms with Gasteiger partial charge in [-0.3, -0.25) is 9.59 Å². The Hall–Kier alpha value is -3.24. The van der Waals surface area contributed by atoms with E-state index in [1.54, 1.807) is 19.1 Å². The van der Waals surface area contributed by atoms with E-state index in [0.29, 0.717) is 28.2 Å². The fourth-order valence-electron chi connectivity index (χ4n) is 2.82. The van der Waals surface area contributed by atoms with E-state index in [0.717, 1.165) is 12.8 Å². The molecule has 1 saturated carbocycles. The number of halogens is 4. The van der Waals surface area contributed by atoms with Crippen LogP contribution in [0, 0.1) is 19.8 Å². The Morgan fingerprint density at radius 1 is 1.22 bits per heavy atom. The van der Waals surface area contributed by atoms with E-state index in [2.05, 4.69) is 20.6 Å². The number of hydrogen-bond acceptors (Lipinski definition) is 5. The molecule has 172 valence electrons. The van der Waals surface area contributed by atoms with Crippen LogP contribution < -0.4 is 15.4 Å². The number of carbonyl (C=O) groups is 2. The zero-order valence-electron chi connectivity index (χ0n) is 17.4.